The first-order valence-corrected chi connectivity index (χ1v) is 4.36. The van der Waals surface area contributed by atoms with Gasteiger partial charge in [-0.1, -0.05) is 12.8 Å². The summed E-state index contributed by atoms with van der Waals surface area (Å²) in [5, 5.41) is 0. The van der Waals surface area contributed by atoms with Crippen LogP contribution in [0.1, 0.15) is 32.6 Å². The first-order valence-electron chi connectivity index (χ1n) is 4.36. The van der Waals surface area contributed by atoms with Crippen LogP contribution < -0.4 is 0 Å². The Bertz CT molecular complexity index is 180. The molecule has 0 spiro atoms. The Labute approximate surface area is 72.1 Å². The van der Waals surface area contributed by atoms with Gasteiger partial charge in [0, 0.05) is 12.8 Å². The summed E-state index contributed by atoms with van der Waals surface area (Å²) in [6, 6.07) is 0. The van der Waals surface area contributed by atoms with Crippen molar-refractivity contribution in [3.8, 4) is 0 Å². The van der Waals surface area contributed by atoms with Gasteiger partial charge in [-0.2, -0.15) is 0 Å². The molecule has 0 bridgehead atoms. The Morgan fingerprint density at radius 3 is 2.42 bits per heavy atom. The number of ketones is 1. The summed E-state index contributed by atoms with van der Waals surface area (Å²) < 4.78 is 4.63. The summed E-state index contributed by atoms with van der Waals surface area (Å²) >= 11 is 0. The Morgan fingerprint density at radius 2 is 1.92 bits per heavy atom. The second-order valence-electron chi connectivity index (χ2n) is 3.23. The van der Waals surface area contributed by atoms with Crippen LogP contribution in [0.15, 0.2) is 0 Å². The van der Waals surface area contributed by atoms with Crippen molar-refractivity contribution >= 4 is 11.8 Å². The standard InChI is InChI=1S/C9H14O3/c1-7(10)12-6-9(11)8-4-2-3-5-8/h8H,2-6H2,1H3. The molecule has 3 heteroatoms. The molecular formula is C9H14O3. The topological polar surface area (TPSA) is 43.4 Å². The molecule has 1 rings (SSSR count). The minimum atomic E-state index is -0.374. The maximum atomic E-state index is 11.3. The quantitative estimate of drug-likeness (QED) is 0.600. The van der Waals surface area contributed by atoms with E-state index in [0.29, 0.717) is 0 Å². The predicted molar refractivity (Wildman–Crippen MR) is 43.6 cm³/mol. The number of hydrogen-bond acceptors (Lipinski definition) is 3. The first kappa shape index (κ1) is 9.23. The molecule has 12 heavy (non-hydrogen) atoms. The molecule has 68 valence electrons. The van der Waals surface area contributed by atoms with Crippen LogP contribution in [0.2, 0.25) is 0 Å². The lowest BCUT2D eigenvalue weighted by Gasteiger charge is -2.06. The van der Waals surface area contributed by atoms with Crippen molar-refractivity contribution in [2.24, 2.45) is 5.92 Å². The highest BCUT2D eigenvalue weighted by atomic mass is 16.5. The minimum absolute atomic E-state index is 0.0278. The highest BCUT2D eigenvalue weighted by Crippen LogP contribution is 2.25. The predicted octanol–water partition coefficient (Wildman–Crippen LogP) is 1.31. The Morgan fingerprint density at radius 1 is 1.33 bits per heavy atom. The second kappa shape index (κ2) is 4.24. The average Bonchev–Trinajstić information content (AvgIpc) is 2.51. The van der Waals surface area contributed by atoms with Crippen LogP contribution >= 0.6 is 0 Å². The van der Waals surface area contributed by atoms with Gasteiger partial charge in [0.05, 0.1) is 0 Å². The van der Waals surface area contributed by atoms with E-state index in [9.17, 15) is 9.59 Å². The van der Waals surface area contributed by atoms with Crippen molar-refractivity contribution in [3.05, 3.63) is 0 Å². The zero-order valence-electron chi connectivity index (χ0n) is 7.34. The van der Waals surface area contributed by atoms with Gasteiger partial charge in [0.1, 0.15) is 6.61 Å². The van der Waals surface area contributed by atoms with Crippen LogP contribution in [-0.2, 0) is 14.3 Å². The lowest BCUT2D eigenvalue weighted by atomic mass is 10.0. The van der Waals surface area contributed by atoms with E-state index < -0.39 is 0 Å². The molecule has 1 fully saturated rings. The fraction of sp³-hybridized carbons (Fsp3) is 0.778. The zero-order chi connectivity index (χ0) is 8.97. The largest absolute Gasteiger partial charge is 0.458 e. The van der Waals surface area contributed by atoms with Crippen LogP contribution in [0, 0.1) is 5.92 Å². The van der Waals surface area contributed by atoms with E-state index >= 15 is 0 Å². The van der Waals surface area contributed by atoms with Gasteiger partial charge in [-0.15, -0.1) is 0 Å². The Hall–Kier alpha value is -0.860. The maximum Gasteiger partial charge on any atom is 0.303 e. The molecule has 0 aliphatic heterocycles. The summed E-state index contributed by atoms with van der Waals surface area (Å²) in [5.41, 5.74) is 0. The molecule has 0 N–H and O–H groups in total. The van der Waals surface area contributed by atoms with Crippen LogP contribution in [0.4, 0.5) is 0 Å². The third-order valence-corrected chi connectivity index (χ3v) is 2.23. The Kier molecular flexibility index (Phi) is 3.26. The molecule has 0 unspecified atom stereocenters. The van der Waals surface area contributed by atoms with Gasteiger partial charge >= 0.3 is 5.97 Å². The van der Waals surface area contributed by atoms with Gasteiger partial charge in [0.2, 0.25) is 0 Å². The molecule has 0 saturated heterocycles. The van der Waals surface area contributed by atoms with Crippen LogP contribution in [0.3, 0.4) is 0 Å². The van der Waals surface area contributed by atoms with E-state index in [-0.39, 0.29) is 24.3 Å². The fourth-order valence-electron chi connectivity index (χ4n) is 1.54. The van der Waals surface area contributed by atoms with Crippen molar-refractivity contribution in [3.63, 3.8) is 0 Å². The van der Waals surface area contributed by atoms with E-state index in [4.69, 9.17) is 0 Å². The highest BCUT2D eigenvalue weighted by molar-refractivity contribution is 5.84. The molecule has 0 radical (unpaired) electrons. The first-order chi connectivity index (χ1) is 5.70. The molecule has 1 aliphatic carbocycles. The van der Waals surface area contributed by atoms with Crippen LogP contribution in [0.25, 0.3) is 0 Å². The lowest BCUT2D eigenvalue weighted by molar-refractivity contribution is -0.146. The normalized spacial score (nSPS) is 17.8. The molecule has 0 heterocycles. The summed E-state index contributed by atoms with van der Waals surface area (Å²) in [6.07, 6.45) is 4.22. The molecule has 0 aromatic rings. The lowest BCUT2D eigenvalue weighted by Crippen LogP contribution is -2.18. The van der Waals surface area contributed by atoms with Crippen molar-refractivity contribution in [2.45, 2.75) is 32.6 Å². The van der Waals surface area contributed by atoms with Gasteiger partial charge in [-0.25, -0.2) is 0 Å². The van der Waals surface area contributed by atoms with E-state index in [1.165, 1.54) is 6.92 Å². The van der Waals surface area contributed by atoms with Gasteiger partial charge in [0.25, 0.3) is 0 Å². The minimum Gasteiger partial charge on any atom is -0.458 e. The van der Waals surface area contributed by atoms with Crippen molar-refractivity contribution in [1.82, 2.24) is 0 Å². The van der Waals surface area contributed by atoms with E-state index in [2.05, 4.69) is 4.74 Å². The van der Waals surface area contributed by atoms with Gasteiger partial charge in [0.15, 0.2) is 5.78 Å². The molecule has 0 aromatic heterocycles. The number of esters is 1. The summed E-state index contributed by atoms with van der Waals surface area (Å²) in [6.45, 7) is 1.29. The van der Waals surface area contributed by atoms with Gasteiger partial charge in [-0.05, 0) is 12.8 Å². The summed E-state index contributed by atoms with van der Waals surface area (Å²) in [5.74, 6) is -0.131. The number of carbonyl (C=O) groups is 2. The fourth-order valence-corrected chi connectivity index (χ4v) is 1.54. The number of ether oxygens (including phenoxy) is 1. The smallest absolute Gasteiger partial charge is 0.303 e. The third-order valence-electron chi connectivity index (χ3n) is 2.23. The van der Waals surface area contributed by atoms with E-state index in [0.717, 1.165) is 25.7 Å². The van der Waals surface area contributed by atoms with Gasteiger partial charge in [-0.3, -0.25) is 9.59 Å². The number of Topliss-reactive ketones (excluding diaryl/α,β-unsaturated/α-hetero) is 1. The van der Waals surface area contributed by atoms with E-state index in [1.54, 1.807) is 0 Å². The van der Waals surface area contributed by atoms with Crippen LogP contribution in [-0.4, -0.2) is 18.4 Å². The molecule has 0 atom stereocenters. The molecule has 1 aliphatic rings. The number of hydrogen-bond donors (Lipinski definition) is 0. The molecule has 1 saturated carbocycles. The highest BCUT2D eigenvalue weighted by Gasteiger charge is 2.22. The van der Waals surface area contributed by atoms with Crippen molar-refractivity contribution < 1.29 is 14.3 Å². The maximum absolute atomic E-state index is 11.3. The zero-order valence-corrected chi connectivity index (χ0v) is 7.34. The SMILES string of the molecule is CC(=O)OCC(=O)C1CCCC1. The second-order valence-corrected chi connectivity index (χ2v) is 3.23. The Balaban J connectivity index is 2.23. The monoisotopic (exact) mass is 170 g/mol. The van der Waals surface area contributed by atoms with Crippen LogP contribution in [0.5, 0.6) is 0 Å². The molecule has 3 nitrogen and oxygen atoms in total. The molecule has 0 aromatic carbocycles. The van der Waals surface area contributed by atoms with Crippen molar-refractivity contribution in [2.75, 3.05) is 6.61 Å². The summed E-state index contributed by atoms with van der Waals surface area (Å²) in [7, 11) is 0. The number of carbonyl (C=O) groups excluding carboxylic acids is 2. The molecular weight excluding hydrogens is 156 g/mol. The number of rotatable bonds is 3. The average molecular weight is 170 g/mol. The van der Waals surface area contributed by atoms with Gasteiger partial charge < -0.3 is 4.74 Å². The van der Waals surface area contributed by atoms with E-state index in [1.807, 2.05) is 0 Å². The van der Waals surface area contributed by atoms with Crippen molar-refractivity contribution in [1.29, 1.82) is 0 Å². The third kappa shape index (κ3) is 2.64. The summed E-state index contributed by atoms with van der Waals surface area (Å²) in [4.78, 5) is 21.7. The molecule has 0 amide bonds.